The molecule has 0 aliphatic heterocycles. The molecule has 2 rings (SSSR count). The lowest BCUT2D eigenvalue weighted by Gasteiger charge is -2.08. The highest BCUT2D eigenvalue weighted by Crippen LogP contribution is 2.23. The number of H-pyrrole nitrogens is 1. The van der Waals surface area contributed by atoms with Crippen LogP contribution in [0.4, 0.5) is 4.39 Å². The van der Waals surface area contributed by atoms with Crippen LogP contribution in [-0.2, 0) is 9.53 Å². The average Bonchev–Trinajstić information content (AvgIpc) is 2.89. The van der Waals surface area contributed by atoms with Crippen molar-refractivity contribution in [3.05, 3.63) is 42.1 Å². The van der Waals surface area contributed by atoms with Crippen molar-refractivity contribution in [2.45, 2.75) is 19.3 Å². The molecule has 4 nitrogen and oxygen atoms in total. The highest BCUT2D eigenvalue weighted by Gasteiger charge is 2.22. The molecule has 0 saturated carbocycles. The number of rotatable bonds is 4. The van der Waals surface area contributed by atoms with Crippen LogP contribution in [0.5, 0.6) is 0 Å². The number of carbonyl (C=O) groups excluding carboxylic acids is 1. The summed E-state index contributed by atoms with van der Waals surface area (Å²) in [7, 11) is 1.35. The Kier molecular flexibility index (Phi) is 3.94. The van der Waals surface area contributed by atoms with Gasteiger partial charge in [0.2, 0.25) is 0 Å². The lowest BCUT2D eigenvalue weighted by molar-refractivity contribution is -0.142. The molecular formula is C14H15FN2O2. The number of hydrogen-bond acceptors (Lipinski definition) is 3. The molecule has 1 N–H and O–H groups in total. The monoisotopic (exact) mass is 262 g/mol. The quantitative estimate of drug-likeness (QED) is 0.862. The predicted molar refractivity (Wildman–Crippen MR) is 69.0 cm³/mol. The molecule has 0 saturated heterocycles. The summed E-state index contributed by atoms with van der Waals surface area (Å²) in [5, 5.41) is 0. The zero-order valence-electron chi connectivity index (χ0n) is 10.8. The lowest BCUT2D eigenvalue weighted by Crippen LogP contribution is -2.14. The second-order valence-electron chi connectivity index (χ2n) is 4.18. The van der Waals surface area contributed by atoms with E-state index in [1.54, 1.807) is 18.3 Å². The third-order valence-corrected chi connectivity index (χ3v) is 2.96. The number of hydrogen-bond donors (Lipinski definition) is 1. The van der Waals surface area contributed by atoms with E-state index in [2.05, 4.69) is 9.97 Å². The minimum Gasteiger partial charge on any atom is -0.468 e. The molecule has 2 aromatic rings. The molecule has 1 heterocycles. The van der Waals surface area contributed by atoms with Gasteiger partial charge in [-0.05, 0) is 18.6 Å². The van der Waals surface area contributed by atoms with Crippen LogP contribution in [0.1, 0.15) is 25.1 Å². The zero-order chi connectivity index (χ0) is 13.8. The summed E-state index contributed by atoms with van der Waals surface area (Å²) in [4.78, 5) is 18.8. The maximum absolute atomic E-state index is 13.2. The standard InChI is InChI=1S/C14H15FN2O2/c1-3-11(14(18)19-2)13-16-8-12(17-13)9-5-4-6-10(15)7-9/h4-8,11H,3H2,1-2H3,(H,16,17). The molecule has 0 bridgehead atoms. The van der Waals surface area contributed by atoms with E-state index in [1.807, 2.05) is 6.92 Å². The third kappa shape index (κ3) is 2.81. The fraction of sp³-hybridized carbons (Fsp3) is 0.286. The Bertz CT molecular complexity index is 580. The van der Waals surface area contributed by atoms with Gasteiger partial charge < -0.3 is 9.72 Å². The van der Waals surface area contributed by atoms with E-state index in [9.17, 15) is 9.18 Å². The van der Waals surface area contributed by atoms with E-state index in [0.29, 0.717) is 23.5 Å². The summed E-state index contributed by atoms with van der Waals surface area (Å²) in [5.41, 5.74) is 1.37. The van der Waals surface area contributed by atoms with Crippen LogP contribution < -0.4 is 0 Å². The number of nitrogens with zero attached hydrogens (tertiary/aromatic N) is 1. The van der Waals surface area contributed by atoms with Crippen LogP contribution in [-0.4, -0.2) is 23.0 Å². The molecule has 19 heavy (non-hydrogen) atoms. The van der Waals surface area contributed by atoms with Crippen molar-refractivity contribution in [1.82, 2.24) is 9.97 Å². The largest absolute Gasteiger partial charge is 0.468 e. The molecule has 0 radical (unpaired) electrons. The Hall–Kier alpha value is -2.17. The topological polar surface area (TPSA) is 55.0 Å². The van der Waals surface area contributed by atoms with Crippen molar-refractivity contribution in [2.75, 3.05) is 7.11 Å². The Morgan fingerprint density at radius 1 is 1.53 bits per heavy atom. The fourth-order valence-electron chi connectivity index (χ4n) is 1.93. The highest BCUT2D eigenvalue weighted by molar-refractivity contribution is 5.77. The van der Waals surface area contributed by atoms with Gasteiger partial charge in [-0.1, -0.05) is 19.1 Å². The van der Waals surface area contributed by atoms with Crippen molar-refractivity contribution in [2.24, 2.45) is 0 Å². The molecule has 0 aliphatic carbocycles. The summed E-state index contributed by atoms with van der Waals surface area (Å²) in [6.45, 7) is 1.88. The number of imidazole rings is 1. The van der Waals surface area contributed by atoms with Gasteiger partial charge in [-0.25, -0.2) is 9.37 Å². The van der Waals surface area contributed by atoms with Gasteiger partial charge in [0, 0.05) is 5.56 Å². The van der Waals surface area contributed by atoms with Crippen LogP contribution in [0.2, 0.25) is 0 Å². The predicted octanol–water partition coefficient (Wildman–Crippen LogP) is 2.88. The maximum Gasteiger partial charge on any atom is 0.316 e. The first kappa shape index (κ1) is 13.3. The smallest absolute Gasteiger partial charge is 0.316 e. The number of benzene rings is 1. The average molecular weight is 262 g/mol. The fourth-order valence-corrected chi connectivity index (χ4v) is 1.93. The van der Waals surface area contributed by atoms with Crippen molar-refractivity contribution in [1.29, 1.82) is 0 Å². The van der Waals surface area contributed by atoms with E-state index in [0.717, 1.165) is 0 Å². The number of nitrogens with one attached hydrogen (secondary N) is 1. The van der Waals surface area contributed by atoms with Gasteiger partial charge in [-0.15, -0.1) is 0 Å². The van der Waals surface area contributed by atoms with Crippen LogP contribution in [0.25, 0.3) is 11.3 Å². The Morgan fingerprint density at radius 2 is 2.32 bits per heavy atom. The third-order valence-electron chi connectivity index (χ3n) is 2.96. The van der Waals surface area contributed by atoms with E-state index in [-0.39, 0.29) is 11.8 Å². The van der Waals surface area contributed by atoms with Gasteiger partial charge >= 0.3 is 5.97 Å². The number of carbonyl (C=O) groups is 1. The first-order valence-electron chi connectivity index (χ1n) is 6.04. The summed E-state index contributed by atoms with van der Waals surface area (Å²) in [6, 6.07) is 6.20. The van der Waals surface area contributed by atoms with Crippen molar-refractivity contribution < 1.29 is 13.9 Å². The van der Waals surface area contributed by atoms with Crippen molar-refractivity contribution >= 4 is 5.97 Å². The number of halogens is 1. The summed E-state index contributed by atoms with van der Waals surface area (Å²) < 4.78 is 17.9. The number of aromatic nitrogens is 2. The molecule has 0 fully saturated rings. The molecule has 1 aromatic heterocycles. The minimum atomic E-state index is -0.424. The van der Waals surface area contributed by atoms with E-state index >= 15 is 0 Å². The molecule has 0 amide bonds. The SMILES string of the molecule is CCC(C(=O)OC)c1ncc(-c2cccc(F)c2)[nH]1. The van der Waals surface area contributed by atoms with E-state index in [4.69, 9.17) is 4.74 Å². The maximum atomic E-state index is 13.2. The normalized spacial score (nSPS) is 12.2. The summed E-state index contributed by atoms with van der Waals surface area (Å²) in [5.74, 6) is -0.530. The Morgan fingerprint density at radius 3 is 2.95 bits per heavy atom. The number of aromatic amines is 1. The van der Waals surface area contributed by atoms with Gasteiger partial charge in [0.1, 0.15) is 17.6 Å². The van der Waals surface area contributed by atoms with Gasteiger partial charge in [0.05, 0.1) is 19.0 Å². The summed E-state index contributed by atoms with van der Waals surface area (Å²) in [6.07, 6.45) is 2.18. The first-order chi connectivity index (χ1) is 9.15. The Labute approximate surface area is 110 Å². The molecule has 100 valence electrons. The summed E-state index contributed by atoms with van der Waals surface area (Å²) >= 11 is 0. The molecule has 5 heteroatoms. The number of ether oxygens (including phenoxy) is 1. The zero-order valence-corrected chi connectivity index (χ0v) is 10.8. The van der Waals surface area contributed by atoms with E-state index in [1.165, 1.54) is 19.2 Å². The molecule has 1 aromatic carbocycles. The second-order valence-corrected chi connectivity index (χ2v) is 4.18. The van der Waals surface area contributed by atoms with Gasteiger partial charge in [0.25, 0.3) is 0 Å². The number of esters is 1. The lowest BCUT2D eigenvalue weighted by atomic mass is 10.1. The second kappa shape index (κ2) is 5.65. The van der Waals surface area contributed by atoms with Crippen molar-refractivity contribution in [3.63, 3.8) is 0 Å². The van der Waals surface area contributed by atoms with Crippen LogP contribution >= 0.6 is 0 Å². The molecule has 0 aliphatic rings. The first-order valence-corrected chi connectivity index (χ1v) is 6.04. The Balaban J connectivity index is 2.30. The molecular weight excluding hydrogens is 247 g/mol. The van der Waals surface area contributed by atoms with Crippen LogP contribution in [0.3, 0.4) is 0 Å². The van der Waals surface area contributed by atoms with Gasteiger partial charge in [0.15, 0.2) is 0 Å². The molecule has 1 unspecified atom stereocenters. The molecule has 1 atom stereocenters. The number of methoxy groups -OCH3 is 1. The highest BCUT2D eigenvalue weighted by atomic mass is 19.1. The van der Waals surface area contributed by atoms with Crippen molar-refractivity contribution in [3.8, 4) is 11.3 Å². The minimum absolute atomic E-state index is 0.311. The van der Waals surface area contributed by atoms with Gasteiger partial charge in [-0.3, -0.25) is 4.79 Å². The molecule has 0 spiro atoms. The van der Waals surface area contributed by atoms with Crippen LogP contribution in [0, 0.1) is 5.82 Å². The van der Waals surface area contributed by atoms with Gasteiger partial charge in [-0.2, -0.15) is 0 Å². The van der Waals surface area contributed by atoms with E-state index < -0.39 is 5.92 Å². The van der Waals surface area contributed by atoms with Crippen LogP contribution in [0.15, 0.2) is 30.5 Å².